The van der Waals surface area contributed by atoms with Crippen LogP contribution in [0.25, 0.3) is 0 Å². The van der Waals surface area contributed by atoms with Gasteiger partial charge < -0.3 is 20.3 Å². The summed E-state index contributed by atoms with van der Waals surface area (Å²) < 4.78 is 10.7. The Balaban J connectivity index is 1.33. The number of amides is 2. The van der Waals surface area contributed by atoms with Crippen LogP contribution in [0.15, 0.2) is 52.7 Å². The summed E-state index contributed by atoms with van der Waals surface area (Å²) in [6.45, 7) is 2.07. The monoisotopic (exact) mass is 482 g/mol. The number of hydrogen-bond acceptors (Lipinski definition) is 8. The van der Waals surface area contributed by atoms with Gasteiger partial charge in [-0.3, -0.25) is 9.59 Å². The third kappa shape index (κ3) is 5.20. The zero-order valence-corrected chi connectivity index (χ0v) is 19.1. The molecule has 0 bridgehead atoms. The second kappa shape index (κ2) is 9.96. The molecule has 2 aromatic rings. The number of aryl methyl sites for hydroxylation is 1. The molecule has 4 rings (SSSR count). The van der Waals surface area contributed by atoms with Crippen molar-refractivity contribution in [3.05, 3.63) is 53.6 Å². The number of fused-ring (bicyclic) bond motifs is 1. The summed E-state index contributed by atoms with van der Waals surface area (Å²) in [6.07, 6.45) is 1.36. The minimum Gasteiger partial charge on any atom is -0.478 e. The first-order chi connectivity index (χ1) is 16.3. The number of rotatable bonds is 7. The molecule has 0 unspecified atom stereocenters. The molecule has 3 N–H and O–H groups in total. The number of imide groups is 1. The maximum Gasteiger partial charge on any atom is 0.335 e. The van der Waals surface area contributed by atoms with Crippen LogP contribution in [0.3, 0.4) is 0 Å². The Morgan fingerprint density at radius 1 is 1.15 bits per heavy atom. The molecule has 0 aromatic heterocycles. The molecule has 2 amide bonds. The molecule has 1 saturated heterocycles. The van der Waals surface area contributed by atoms with Crippen LogP contribution in [0.4, 0.5) is 5.69 Å². The number of nitrogens with two attached hydrogens (primary N) is 1. The lowest BCUT2D eigenvalue weighted by atomic mass is 10.1. The average molecular weight is 483 g/mol. The second-order valence-electron chi connectivity index (χ2n) is 7.69. The summed E-state index contributed by atoms with van der Waals surface area (Å²) in [7, 11) is 0. The fraction of sp³-hybridized carbons (Fsp3) is 0.261. The van der Waals surface area contributed by atoms with E-state index < -0.39 is 17.1 Å². The van der Waals surface area contributed by atoms with Crippen LogP contribution in [0, 0.1) is 0 Å². The van der Waals surface area contributed by atoms with Gasteiger partial charge in [0.15, 0.2) is 16.7 Å². The maximum atomic E-state index is 12.8. The molecule has 34 heavy (non-hydrogen) atoms. The highest BCUT2D eigenvalue weighted by atomic mass is 32.2. The summed E-state index contributed by atoms with van der Waals surface area (Å²) in [5.74, 6) is -0.441. The quantitative estimate of drug-likeness (QED) is 0.265. The molecule has 0 saturated carbocycles. The number of nitrogens with zero attached hydrogens (tertiary/aromatic N) is 3. The van der Waals surface area contributed by atoms with Gasteiger partial charge in [-0.1, -0.05) is 17.8 Å². The Morgan fingerprint density at radius 3 is 2.62 bits per heavy atom. The molecule has 176 valence electrons. The van der Waals surface area contributed by atoms with Gasteiger partial charge in [-0.2, -0.15) is 5.10 Å². The Bertz CT molecular complexity index is 1190. The standard InChI is InChI=1S/C23H22N4O6S/c1-13(2-3-14-4-9-17-18(10-14)33-12-32-17)25-26-23(24)34-19-11-20(28)27(21(19)29)16-7-5-15(6-8-16)22(30)31/h4-10,19H,2-3,11-12H2,1H3,(H2,24,26)(H,30,31)/b25-13-/t19-/m0/s1. The summed E-state index contributed by atoms with van der Waals surface area (Å²) >= 11 is 0.980. The van der Waals surface area contributed by atoms with E-state index in [-0.39, 0.29) is 29.9 Å². The van der Waals surface area contributed by atoms with Crippen LogP contribution in [0.1, 0.15) is 35.7 Å². The predicted octanol–water partition coefficient (Wildman–Crippen LogP) is 2.80. The highest BCUT2D eigenvalue weighted by molar-refractivity contribution is 8.14. The van der Waals surface area contributed by atoms with Crippen molar-refractivity contribution in [2.24, 2.45) is 15.9 Å². The van der Waals surface area contributed by atoms with Crippen molar-refractivity contribution in [2.75, 3.05) is 11.7 Å². The third-order valence-corrected chi connectivity index (χ3v) is 6.25. The van der Waals surface area contributed by atoms with Gasteiger partial charge in [0.2, 0.25) is 18.6 Å². The first kappa shape index (κ1) is 23.3. The first-order valence-electron chi connectivity index (χ1n) is 10.4. The van der Waals surface area contributed by atoms with Crippen molar-refractivity contribution < 1.29 is 29.0 Å². The fourth-order valence-electron chi connectivity index (χ4n) is 3.50. The van der Waals surface area contributed by atoms with Gasteiger partial charge in [0, 0.05) is 12.1 Å². The largest absolute Gasteiger partial charge is 0.478 e. The van der Waals surface area contributed by atoms with E-state index in [2.05, 4.69) is 10.2 Å². The van der Waals surface area contributed by atoms with E-state index in [0.29, 0.717) is 12.1 Å². The number of benzene rings is 2. The number of amidine groups is 1. The molecule has 11 heteroatoms. The zero-order valence-electron chi connectivity index (χ0n) is 18.3. The molecule has 0 radical (unpaired) electrons. The Labute approximate surface area is 199 Å². The lowest BCUT2D eigenvalue weighted by molar-refractivity contribution is -0.121. The van der Waals surface area contributed by atoms with E-state index in [1.165, 1.54) is 24.3 Å². The molecule has 2 aromatic carbocycles. The zero-order chi connectivity index (χ0) is 24.2. The summed E-state index contributed by atoms with van der Waals surface area (Å²) in [4.78, 5) is 37.2. The highest BCUT2D eigenvalue weighted by Crippen LogP contribution is 2.33. The number of carbonyl (C=O) groups is 3. The number of hydrogen-bond donors (Lipinski definition) is 2. The molecule has 0 aliphatic carbocycles. The van der Waals surface area contributed by atoms with Crippen molar-refractivity contribution in [1.82, 2.24) is 0 Å². The normalized spacial score (nSPS) is 18.0. The molecular formula is C23H22N4O6S. The Kier molecular flexibility index (Phi) is 6.82. The molecule has 10 nitrogen and oxygen atoms in total. The van der Waals surface area contributed by atoms with Crippen molar-refractivity contribution in [3.63, 3.8) is 0 Å². The lowest BCUT2D eigenvalue weighted by Gasteiger charge is -2.14. The SMILES string of the molecule is C/C(CCc1ccc2c(c1)OCO2)=N/N=C(N)S[C@H]1CC(=O)N(c2ccc(C(=O)O)cc2)C1=O. The van der Waals surface area contributed by atoms with E-state index in [1.54, 1.807) is 0 Å². The Morgan fingerprint density at radius 2 is 1.88 bits per heavy atom. The summed E-state index contributed by atoms with van der Waals surface area (Å²) in [6, 6.07) is 11.3. The van der Waals surface area contributed by atoms with Gasteiger partial charge in [0.05, 0.1) is 11.3 Å². The van der Waals surface area contributed by atoms with E-state index in [4.69, 9.17) is 20.3 Å². The number of aromatic carboxylic acids is 1. The Hall–Kier alpha value is -3.86. The van der Waals surface area contributed by atoms with Crippen molar-refractivity contribution in [1.29, 1.82) is 0 Å². The van der Waals surface area contributed by atoms with Crippen molar-refractivity contribution in [3.8, 4) is 11.5 Å². The number of thioether (sulfide) groups is 1. The van der Waals surface area contributed by atoms with Crippen LogP contribution in [0.2, 0.25) is 0 Å². The average Bonchev–Trinajstić information content (AvgIpc) is 3.39. The predicted molar refractivity (Wildman–Crippen MR) is 128 cm³/mol. The summed E-state index contributed by atoms with van der Waals surface area (Å²) in [5, 5.41) is 16.5. The topological polar surface area (TPSA) is 144 Å². The van der Waals surface area contributed by atoms with Gasteiger partial charge >= 0.3 is 5.97 Å². The molecule has 1 atom stereocenters. The van der Waals surface area contributed by atoms with Crippen LogP contribution in [-0.2, 0) is 16.0 Å². The van der Waals surface area contributed by atoms with Crippen LogP contribution < -0.4 is 20.1 Å². The first-order valence-corrected chi connectivity index (χ1v) is 11.3. The molecule has 0 spiro atoms. The molecule has 1 fully saturated rings. The van der Waals surface area contributed by atoms with Gasteiger partial charge in [-0.05, 0) is 61.7 Å². The summed E-state index contributed by atoms with van der Waals surface area (Å²) in [5.41, 5.74) is 8.17. The fourth-order valence-corrected chi connectivity index (χ4v) is 4.31. The second-order valence-corrected chi connectivity index (χ2v) is 8.91. The maximum absolute atomic E-state index is 12.8. The van der Waals surface area contributed by atoms with Gasteiger partial charge in [0.1, 0.15) is 5.25 Å². The van der Waals surface area contributed by atoms with Crippen LogP contribution >= 0.6 is 11.8 Å². The lowest BCUT2D eigenvalue weighted by Crippen LogP contribution is -2.31. The van der Waals surface area contributed by atoms with E-state index in [1.807, 2.05) is 25.1 Å². The smallest absolute Gasteiger partial charge is 0.335 e. The van der Waals surface area contributed by atoms with Gasteiger partial charge in [-0.15, -0.1) is 5.10 Å². The number of carbonyl (C=O) groups excluding carboxylic acids is 2. The van der Waals surface area contributed by atoms with Gasteiger partial charge in [-0.25, -0.2) is 9.69 Å². The van der Waals surface area contributed by atoms with E-state index in [9.17, 15) is 14.4 Å². The van der Waals surface area contributed by atoms with E-state index in [0.717, 1.165) is 45.9 Å². The van der Waals surface area contributed by atoms with Gasteiger partial charge in [0.25, 0.3) is 0 Å². The minimum absolute atomic E-state index is 0.0345. The number of carboxylic acids is 1. The number of carboxylic acid groups (broad SMARTS) is 1. The molecule has 2 aliphatic rings. The van der Waals surface area contributed by atoms with Crippen LogP contribution in [0.5, 0.6) is 11.5 Å². The van der Waals surface area contributed by atoms with Crippen molar-refractivity contribution in [2.45, 2.75) is 31.4 Å². The van der Waals surface area contributed by atoms with E-state index >= 15 is 0 Å². The highest BCUT2D eigenvalue weighted by Gasteiger charge is 2.40. The third-order valence-electron chi connectivity index (χ3n) is 5.27. The van der Waals surface area contributed by atoms with Crippen LogP contribution in [-0.4, -0.2) is 45.8 Å². The van der Waals surface area contributed by atoms with Crippen molar-refractivity contribution >= 4 is 46.1 Å². The molecule has 2 heterocycles. The minimum atomic E-state index is -1.09. The number of anilines is 1. The molecular weight excluding hydrogens is 460 g/mol. The number of ether oxygens (including phenoxy) is 2. The molecule has 2 aliphatic heterocycles.